The van der Waals surface area contributed by atoms with Crippen LogP contribution in [0.25, 0.3) is 10.8 Å². The van der Waals surface area contributed by atoms with E-state index in [-0.39, 0.29) is 12.5 Å². The number of methoxy groups -OCH3 is 1. The highest BCUT2D eigenvalue weighted by Gasteiger charge is 2.24. The topological polar surface area (TPSA) is 111 Å². The Balaban J connectivity index is 2.39. The fourth-order valence-corrected chi connectivity index (χ4v) is 3.38. The minimum Gasteiger partial charge on any atom is -0.453 e. The lowest BCUT2D eigenvalue weighted by atomic mass is 10.0. The van der Waals surface area contributed by atoms with Crippen molar-refractivity contribution < 1.29 is 17.9 Å². The van der Waals surface area contributed by atoms with E-state index in [4.69, 9.17) is 5.73 Å². The number of aliphatic imine (C=N–C) groups is 1. The van der Waals surface area contributed by atoms with Crippen LogP contribution in [-0.4, -0.2) is 40.4 Å². The van der Waals surface area contributed by atoms with Crippen LogP contribution >= 0.6 is 0 Å². The molecule has 0 spiro atoms. The zero-order valence-corrected chi connectivity index (χ0v) is 14.2. The Hall–Kier alpha value is -2.61. The van der Waals surface area contributed by atoms with Gasteiger partial charge in [0, 0.05) is 6.26 Å². The smallest absolute Gasteiger partial charge is 0.413 e. The van der Waals surface area contributed by atoms with E-state index < -0.39 is 21.2 Å². The summed E-state index contributed by atoms with van der Waals surface area (Å²) in [5, 5.41) is 3.10. The number of rotatable bonds is 4. The molecule has 0 aliphatic rings. The fraction of sp³-hybridized carbons (Fsp3) is 0.250. The van der Waals surface area contributed by atoms with Crippen molar-refractivity contribution in [1.82, 2.24) is 5.32 Å². The summed E-state index contributed by atoms with van der Waals surface area (Å²) >= 11 is 0. The van der Waals surface area contributed by atoms with Crippen LogP contribution in [0.1, 0.15) is 10.8 Å². The largest absolute Gasteiger partial charge is 0.453 e. The van der Waals surface area contributed by atoms with E-state index in [1.54, 1.807) is 12.1 Å². The standard InChI is InChI=1S/C16H19N3O4S/c1-23-16(20)19-15(17)18-10-14(24(2,21)22)13-9-5-7-11-6-3-4-8-12(11)13/h3-9,14H,10H2,1-2H3,(H3,17,18,19,20). The predicted octanol–water partition coefficient (Wildman–Crippen LogP) is 1.60. The highest BCUT2D eigenvalue weighted by Crippen LogP contribution is 2.29. The van der Waals surface area contributed by atoms with Gasteiger partial charge in [-0.1, -0.05) is 42.5 Å². The number of carbonyl (C=O) groups excluding carboxylic acids is 1. The number of amides is 1. The van der Waals surface area contributed by atoms with Crippen LogP contribution in [0.3, 0.4) is 0 Å². The van der Waals surface area contributed by atoms with Gasteiger partial charge < -0.3 is 10.5 Å². The van der Waals surface area contributed by atoms with Crippen molar-refractivity contribution in [2.24, 2.45) is 10.7 Å². The number of alkyl carbamates (subject to hydrolysis) is 1. The van der Waals surface area contributed by atoms with Crippen molar-refractivity contribution >= 4 is 32.7 Å². The molecule has 0 radical (unpaired) electrons. The number of guanidine groups is 1. The number of nitrogens with one attached hydrogen (secondary N) is 1. The molecule has 128 valence electrons. The molecule has 1 atom stereocenters. The summed E-state index contributed by atoms with van der Waals surface area (Å²) in [4.78, 5) is 15.1. The molecule has 2 aromatic carbocycles. The second-order valence-electron chi connectivity index (χ2n) is 5.23. The van der Waals surface area contributed by atoms with Crippen molar-refractivity contribution in [3.63, 3.8) is 0 Å². The minimum atomic E-state index is -3.45. The summed E-state index contributed by atoms with van der Waals surface area (Å²) in [6, 6.07) is 13.0. The molecule has 1 amide bonds. The Morgan fingerprint density at radius 2 is 1.92 bits per heavy atom. The van der Waals surface area contributed by atoms with Crippen LogP contribution in [0.4, 0.5) is 4.79 Å². The molecule has 24 heavy (non-hydrogen) atoms. The average Bonchev–Trinajstić information content (AvgIpc) is 2.53. The van der Waals surface area contributed by atoms with Gasteiger partial charge in [-0.05, 0) is 16.3 Å². The molecule has 0 bridgehead atoms. The van der Waals surface area contributed by atoms with E-state index in [0.717, 1.165) is 17.0 Å². The van der Waals surface area contributed by atoms with Gasteiger partial charge in [-0.25, -0.2) is 13.2 Å². The number of carbonyl (C=O) groups is 1. The summed E-state index contributed by atoms with van der Waals surface area (Å²) in [6.45, 7) is -0.108. The SMILES string of the molecule is COC(=O)NC(N)=NCC(c1cccc2ccccc12)S(C)(=O)=O. The zero-order chi connectivity index (χ0) is 17.7. The van der Waals surface area contributed by atoms with Crippen LogP contribution in [0, 0.1) is 0 Å². The molecule has 2 rings (SSSR count). The molecule has 2 aromatic rings. The summed E-state index contributed by atoms with van der Waals surface area (Å²) in [7, 11) is -2.25. The molecule has 0 aliphatic heterocycles. The number of sulfone groups is 1. The molecule has 0 aliphatic carbocycles. The molecule has 0 heterocycles. The Morgan fingerprint density at radius 1 is 1.25 bits per heavy atom. The van der Waals surface area contributed by atoms with Crippen molar-refractivity contribution in [1.29, 1.82) is 0 Å². The molecule has 1 unspecified atom stereocenters. The first-order valence-corrected chi connectivity index (χ1v) is 9.10. The summed E-state index contributed by atoms with van der Waals surface area (Å²) in [5.74, 6) is -0.198. The maximum Gasteiger partial charge on any atom is 0.413 e. The maximum absolute atomic E-state index is 12.2. The van der Waals surface area contributed by atoms with Crippen molar-refractivity contribution in [2.75, 3.05) is 19.9 Å². The maximum atomic E-state index is 12.2. The summed E-state index contributed by atoms with van der Waals surface area (Å²) in [5.41, 5.74) is 6.22. The van der Waals surface area contributed by atoms with Gasteiger partial charge in [0.25, 0.3) is 0 Å². The van der Waals surface area contributed by atoms with Crippen LogP contribution < -0.4 is 11.1 Å². The second kappa shape index (κ2) is 7.31. The first-order valence-electron chi connectivity index (χ1n) is 7.14. The van der Waals surface area contributed by atoms with E-state index in [2.05, 4.69) is 15.0 Å². The van der Waals surface area contributed by atoms with E-state index in [0.29, 0.717) is 5.56 Å². The molecular formula is C16H19N3O4S. The quantitative estimate of drug-likeness (QED) is 0.643. The number of ether oxygens (including phenoxy) is 1. The molecule has 3 N–H and O–H groups in total. The summed E-state index contributed by atoms with van der Waals surface area (Å²) in [6.07, 6.45) is 0.385. The Bertz CT molecular complexity index is 873. The van der Waals surface area contributed by atoms with E-state index in [1.807, 2.05) is 30.3 Å². The first-order chi connectivity index (χ1) is 11.3. The van der Waals surface area contributed by atoms with Crippen LogP contribution in [-0.2, 0) is 14.6 Å². The van der Waals surface area contributed by atoms with Gasteiger partial charge >= 0.3 is 6.09 Å². The predicted molar refractivity (Wildman–Crippen MR) is 93.6 cm³/mol. The lowest BCUT2D eigenvalue weighted by Gasteiger charge is -2.16. The lowest BCUT2D eigenvalue weighted by molar-refractivity contribution is 0.176. The third-order valence-corrected chi connectivity index (χ3v) is 4.97. The second-order valence-corrected chi connectivity index (χ2v) is 7.46. The van der Waals surface area contributed by atoms with Gasteiger partial charge in [0.15, 0.2) is 15.8 Å². The highest BCUT2D eigenvalue weighted by atomic mass is 32.2. The first kappa shape index (κ1) is 17.7. The number of benzene rings is 2. The van der Waals surface area contributed by atoms with Gasteiger partial charge in [0.1, 0.15) is 5.25 Å². The Labute approximate surface area is 140 Å². The van der Waals surface area contributed by atoms with E-state index in [1.165, 1.54) is 7.11 Å². The molecule has 7 nitrogen and oxygen atoms in total. The number of hydrogen-bond acceptors (Lipinski definition) is 5. The molecule has 0 saturated carbocycles. The molecular weight excluding hydrogens is 330 g/mol. The minimum absolute atomic E-state index is 0.108. The van der Waals surface area contributed by atoms with Crippen LogP contribution in [0.15, 0.2) is 47.5 Å². The Kier molecular flexibility index (Phi) is 5.40. The van der Waals surface area contributed by atoms with Gasteiger partial charge in [0.2, 0.25) is 0 Å². The van der Waals surface area contributed by atoms with Crippen molar-refractivity contribution in [3.05, 3.63) is 48.0 Å². The molecule has 8 heteroatoms. The van der Waals surface area contributed by atoms with Crippen LogP contribution in [0.2, 0.25) is 0 Å². The van der Waals surface area contributed by atoms with Gasteiger partial charge in [-0.15, -0.1) is 0 Å². The Morgan fingerprint density at radius 3 is 2.58 bits per heavy atom. The number of nitrogens with zero attached hydrogens (tertiary/aromatic N) is 1. The summed E-state index contributed by atoms with van der Waals surface area (Å²) < 4.78 is 28.9. The third-order valence-electron chi connectivity index (χ3n) is 3.53. The van der Waals surface area contributed by atoms with E-state index >= 15 is 0 Å². The van der Waals surface area contributed by atoms with Crippen molar-refractivity contribution in [3.8, 4) is 0 Å². The monoisotopic (exact) mass is 349 g/mol. The number of nitrogens with two attached hydrogens (primary N) is 1. The van der Waals surface area contributed by atoms with E-state index in [9.17, 15) is 13.2 Å². The molecule has 0 aromatic heterocycles. The highest BCUT2D eigenvalue weighted by molar-refractivity contribution is 7.91. The molecule has 0 fully saturated rings. The number of fused-ring (bicyclic) bond motifs is 1. The fourth-order valence-electron chi connectivity index (χ4n) is 2.37. The van der Waals surface area contributed by atoms with Crippen LogP contribution in [0.5, 0.6) is 0 Å². The lowest BCUT2D eigenvalue weighted by Crippen LogP contribution is -2.37. The van der Waals surface area contributed by atoms with Gasteiger partial charge in [0.05, 0.1) is 13.7 Å². The van der Waals surface area contributed by atoms with Gasteiger partial charge in [-0.3, -0.25) is 10.3 Å². The molecule has 0 saturated heterocycles. The van der Waals surface area contributed by atoms with Crippen molar-refractivity contribution in [2.45, 2.75) is 5.25 Å². The normalized spacial score (nSPS) is 13.5. The third kappa shape index (κ3) is 4.23. The average molecular weight is 349 g/mol. The zero-order valence-electron chi connectivity index (χ0n) is 13.4. The van der Waals surface area contributed by atoms with Gasteiger partial charge in [-0.2, -0.15) is 0 Å². The number of hydrogen-bond donors (Lipinski definition) is 2.